The minimum atomic E-state index is 0.250. The van der Waals surface area contributed by atoms with Gasteiger partial charge in [-0.3, -0.25) is 4.79 Å². The third kappa shape index (κ3) is 2.90. The van der Waals surface area contributed by atoms with E-state index in [9.17, 15) is 4.79 Å². The molecule has 2 rings (SSSR count). The van der Waals surface area contributed by atoms with Gasteiger partial charge in [0.05, 0.1) is 0 Å². The molecule has 0 bridgehead atoms. The minimum absolute atomic E-state index is 0.250. The van der Waals surface area contributed by atoms with Gasteiger partial charge >= 0.3 is 6.15 Å². The molecule has 0 unspecified atom stereocenters. The van der Waals surface area contributed by atoms with Crippen LogP contribution < -0.4 is 5.32 Å². The molecule has 1 amide bonds. The van der Waals surface area contributed by atoms with E-state index in [4.69, 9.17) is 9.59 Å². The Bertz CT molecular complexity index is 279. The van der Waals surface area contributed by atoms with Crippen LogP contribution in [0.3, 0.4) is 0 Å². The van der Waals surface area contributed by atoms with E-state index in [-0.39, 0.29) is 6.15 Å². The summed E-state index contributed by atoms with van der Waals surface area (Å²) in [7, 11) is 0. The largest absolute Gasteiger partial charge is 0.373 e. The van der Waals surface area contributed by atoms with Crippen molar-refractivity contribution in [3.8, 4) is 0 Å². The summed E-state index contributed by atoms with van der Waals surface area (Å²) in [6.07, 6.45) is 3.40. The number of hydrogen-bond acceptors (Lipinski definition) is 4. The Morgan fingerprint density at radius 3 is 2.38 bits per heavy atom. The Balaban J connectivity index is 0.000000386. The van der Waals surface area contributed by atoms with Crippen molar-refractivity contribution in [3.63, 3.8) is 0 Å². The van der Waals surface area contributed by atoms with E-state index in [1.165, 1.54) is 12.8 Å². The average Bonchev–Trinajstić information content (AvgIpc) is 2.57. The summed E-state index contributed by atoms with van der Waals surface area (Å²) in [6.45, 7) is 6.13. The number of nitrogens with zero attached hydrogens (tertiary/aromatic N) is 1. The number of piperidine rings is 1. The van der Waals surface area contributed by atoms with Crippen LogP contribution in [0.15, 0.2) is 0 Å². The zero-order valence-corrected chi connectivity index (χ0v) is 9.62. The average molecular weight is 226 g/mol. The Morgan fingerprint density at radius 2 is 1.94 bits per heavy atom. The zero-order chi connectivity index (χ0) is 12.0. The summed E-state index contributed by atoms with van der Waals surface area (Å²) >= 11 is 0. The number of amides is 1. The maximum atomic E-state index is 11.6. The molecule has 0 radical (unpaired) electrons. The van der Waals surface area contributed by atoms with E-state index in [1.807, 2.05) is 4.90 Å². The van der Waals surface area contributed by atoms with E-state index in [1.54, 1.807) is 0 Å². The SMILES string of the molecule is CCN1CC2(CCNCC2)CC1=O.O=C=O. The summed E-state index contributed by atoms with van der Waals surface area (Å²) in [6, 6.07) is 0. The Kier molecular flexibility index (Phi) is 4.65. The normalized spacial score (nSPS) is 22.6. The second-order valence-corrected chi connectivity index (χ2v) is 4.42. The lowest BCUT2D eigenvalue weighted by Crippen LogP contribution is -2.38. The van der Waals surface area contributed by atoms with Crippen molar-refractivity contribution in [2.75, 3.05) is 26.2 Å². The Labute approximate surface area is 95.2 Å². The number of hydrogen-bond donors (Lipinski definition) is 1. The molecule has 1 N–H and O–H groups in total. The summed E-state index contributed by atoms with van der Waals surface area (Å²) < 4.78 is 0. The number of carbonyl (C=O) groups excluding carboxylic acids is 3. The molecule has 90 valence electrons. The first-order chi connectivity index (χ1) is 7.67. The molecule has 0 aromatic carbocycles. The van der Waals surface area contributed by atoms with Gasteiger partial charge in [-0.25, -0.2) is 0 Å². The van der Waals surface area contributed by atoms with Crippen molar-refractivity contribution < 1.29 is 14.4 Å². The van der Waals surface area contributed by atoms with Crippen molar-refractivity contribution in [3.05, 3.63) is 0 Å². The molecule has 16 heavy (non-hydrogen) atoms. The molecule has 0 aliphatic carbocycles. The molecule has 2 heterocycles. The zero-order valence-electron chi connectivity index (χ0n) is 9.62. The molecule has 2 fully saturated rings. The molecule has 0 atom stereocenters. The van der Waals surface area contributed by atoms with Crippen molar-refractivity contribution in [1.29, 1.82) is 0 Å². The molecular weight excluding hydrogens is 208 g/mol. The fraction of sp³-hybridized carbons (Fsp3) is 0.818. The van der Waals surface area contributed by atoms with Crippen LogP contribution in [0, 0.1) is 5.41 Å². The van der Waals surface area contributed by atoms with Crippen LogP contribution in [0.2, 0.25) is 0 Å². The molecule has 0 aromatic rings. The molecule has 1 spiro atoms. The van der Waals surface area contributed by atoms with E-state index in [0.29, 0.717) is 11.3 Å². The Morgan fingerprint density at radius 1 is 1.38 bits per heavy atom. The van der Waals surface area contributed by atoms with Crippen LogP contribution in [0.25, 0.3) is 0 Å². The highest BCUT2D eigenvalue weighted by molar-refractivity contribution is 5.79. The quantitative estimate of drug-likeness (QED) is 0.684. The third-order valence-corrected chi connectivity index (χ3v) is 3.45. The highest BCUT2D eigenvalue weighted by atomic mass is 16.2. The predicted molar refractivity (Wildman–Crippen MR) is 56.4 cm³/mol. The first kappa shape index (κ1) is 12.9. The summed E-state index contributed by atoms with van der Waals surface area (Å²) in [5, 5.41) is 3.35. The lowest BCUT2D eigenvalue weighted by molar-refractivity contribution is -0.191. The van der Waals surface area contributed by atoms with Gasteiger partial charge in [-0.2, -0.15) is 9.59 Å². The summed E-state index contributed by atoms with van der Waals surface area (Å²) in [5.74, 6) is 0.365. The molecule has 5 nitrogen and oxygen atoms in total. The third-order valence-electron chi connectivity index (χ3n) is 3.45. The number of carbonyl (C=O) groups is 1. The monoisotopic (exact) mass is 226 g/mol. The van der Waals surface area contributed by atoms with Crippen LogP contribution in [-0.2, 0) is 14.4 Å². The van der Waals surface area contributed by atoms with Crippen LogP contribution in [0.5, 0.6) is 0 Å². The topological polar surface area (TPSA) is 66.5 Å². The molecule has 5 heteroatoms. The fourth-order valence-corrected chi connectivity index (χ4v) is 2.56. The first-order valence-electron chi connectivity index (χ1n) is 5.65. The highest BCUT2D eigenvalue weighted by Crippen LogP contribution is 2.38. The van der Waals surface area contributed by atoms with Crippen molar-refractivity contribution in [2.45, 2.75) is 26.2 Å². The van der Waals surface area contributed by atoms with Crippen LogP contribution in [0.1, 0.15) is 26.2 Å². The summed E-state index contributed by atoms with van der Waals surface area (Å²) in [4.78, 5) is 29.8. The van der Waals surface area contributed by atoms with Crippen molar-refractivity contribution >= 4 is 12.1 Å². The van der Waals surface area contributed by atoms with E-state index in [0.717, 1.165) is 32.6 Å². The maximum absolute atomic E-state index is 11.6. The van der Waals surface area contributed by atoms with Crippen LogP contribution in [-0.4, -0.2) is 43.1 Å². The van der Waals surface area contributed by atoms with Gasteiger partial charge in [-0.05, 0) is 38.3 Å². The molecule has 0 saturated carbocycles. The second kappa shape index (κ2) is 5.77. The number of likely N-dealkylation sites (tertiary alicyclic amines) is 1. The molecular formula is C11H18N2O3. The van der Waals surface area contributed by atoms with Crippen molar-refractivity contribution in [2.24, 2.45) is 5.41 Å². The standard InChI is InChI=1S/C10H18N2O.CO2/c1-2-12-8-10(7-9(12)13)3-5-11-6-4-10;2-1-3/h11H,2-8H2,1H3;. The smallest absolute Gasteiger partial charge is 0.342 e. The fourth-order valence-electron chi connectivity index (χ4n) is 2.56. The van der Waals surface area contributed by atoms with Gasteiger partial charge in [0.15, 0.2) is 0 Å². The maximum Gasteiger partial charge on any atom is 0.373 e. The first-order valence-corrected chi connectivity index (χ1v) is 5.65. The van der Waals surface area contributed by atoms with Gasteiger partial charge in [0.25, 0.3) is 0 Å². The van der Waals surface area contributed by atoms with Gasteiger partial charge in [-0.1, -0.05) is 0 Å². The second-order valence-electron chi connectivity index (χ2n) is 4.42. The lowest BCUT2D eigenvalue weighted by Gasteiger charge is -2.32. The van der Waals surface area contributed by atoms with Gasteiger partial charge in [0.1, 0.15) is 0 Å². The minimum Gasteiger partial charge on any atom is -0.342 e. The van der Waals surface area contributed by atoms with Crippen LogP contribution >= 0.6 is 0 Å². The van der Waals surface area contributed by atoms with E-state index < -0.39 is 0 Å². The van der Waals surface area contributed by atoms with E-state index >= 15 is 0 Å². The highest BCUT2D eigenvalue weighted by Gasteiger charge is 2.42. The molecule has 2 saturated heterocycles. The molecule has 2 aliphatic heterocycles. The van der Waals surface area contributed by atoms with E-state index in [2.05, 4.69) is 12.2 Å². The molecule has 0 aromatic heterocycles. The molecule has 2 aliphatic rings. The number of rotatable bonds is 1. The lowest BCUT2D eigenvalue weighted by atomic mass is 9.78. The van der Waals surface area contributed by atoms with Crippen molar-refractivity contribution in [1.82, 2.24) is 10.2 Å². The van der Waals surface area contributed by atoms with Gasteiger partial charge in [0, 0.05) is 19.5 Å². The number of nitrogens with one attached hydrogen (secondary N) is 1. The van der Waals surface area contributed by atoms with Crippen LogP contribution in [0.4, 0.5) is 0 Å². The summed E-state index contributed by atoms with van der Waals surface area (Å²) in [5.41, 5.74) is 0.332. The Hall–Kier alpha value is -1.19. The van der Waals surface area contributed by atoms with Gasteiger partial charge < -0.3 is 10.2 Å². The predicted octanol–water partition coefficient (Wildman–Crippen LogP) is 0.0249. The van der Waals surface area contributed by atoms with Gasteiger partial charge in [-0.15, -0.1) is 0 Å². The van der Waals surface area contributed by atoms with Gasteiger partial charge in [0.2, 0.25) is 5.91 Å².